The molecule has 0 N–H and O–H groups in total. The standard InChI is InChI=1S/C28H39N5O2/c1-4-5-6-23(29-3)16-31-11-13-33(14-12-31)24-7-8-25(22(2)15-24)26-17-32(21-30-26)18-27-34-19-28(9-10-28)20-35-27/h5-8,15,17,21,27H,4,9-14,16,18-20H2,1-3H3/b6-5-,29-23?. The van der Waals surface area contributed by atoms with Crippen LogP contribution >= 0.6 is 0 Å². The van der Waals surface area contributed by atoms with Crippen LogP contribution < -0.4 is 4.90 Å². The molecular weight excluding hydrogens is 438 g/mol. The van der Waals surface area contributed by atoms with Crippen LogP contribution in [-0.4, -0.2) is 79.4 Å². The molecule has 188 valence electrons. The molecule has 1 aromatic carbocycles. The third kappa shape index (κ3) is 5.85. The number of hydrogen-bond donors (Lipinski definition) is 0. The number of allylic oxidation sites excluding steroid dienone is 1. The lowest BCUT2D eigenvalue weighted by Crippen LogP contribution is -2.47. The van der Waals surface area contributed by atoms with Gasteiger partial charge in [-0.1, -0.05) is 19.1 Å². The Balaban J connectivity index is 1.16. The summed E-state index contributed by atoms with van der Waals surface area (Å²) in [4.78, 5) is 14.1. The summed E-state index contributed by atoms with van der Waals surface area (Å²) in [5.41, 5.74) is 6.22. The molecular formula is C28H39N5O2. The van der Waals surface area contributed by atoms with Gasteiger partial charge in [0.25, 0.3) is 0 Å². The molecule has 2 aliphatic heterocycles. The van der Waals surface area contributed by atoms with E-state index < -0.39 is 0 Å². The third-order valence-corrected chi connectivity index (χ3v) is 7.54. The summed E-state index contributed by atoms with van der Waals surface area (Å²) in [7, 11) is 1.89. The van der Waals surface area contributed by atoms with Crippen molar-refractivity contribution in [2.45, 2.75) is 45.9 Å². The van der Waals surface area contributed by atoms with Gasteiger partial charge in [-0.3, -0.25) is 9.89 Å². The first-order valence-electron chi connectivity index (χ1n) is 13.0. The molecule has 5 rings (SSSR count). The fourth-order valence-corrected chi connectivity index (χ4v) is 4.95. The highest BCUT2D eigenvalue weighted by Crippen LogP contribution is 2.48. The summed E-state index contributed by atoms with van der Waals surface area (Å²) in [6.07, 6.45) is 11.7. The average molecular weight is 478 g/mol. The zero-order chi connectivity index (χ0) is 24.3. The van der Waals surface area contributed by atoms with Crippen molar-refractivity contribution in [1.82, 2.24) is 14.5 Å². The van der Waals surface area contributed by atoms with E-state index in [-0.39, 0.29) is 6.29 Å². The van der Waals surface area contributed by atoms with E-state index in [9.17, 15) is 0 Å². The van der Waals surface area contributed by atoms with Crippen LogP contribution in [0.5, 0.6) is 0 Å². The van der Waals surface area contributed by atoms with E-state index in [1.165, 1.54) is 29.7 Å². The van der Waals surface area contributed by atoms with Gasteiger partial charge < -0.3 is 18.9 Å². The van der Waals surface area contributed by atoms with E-state index in [1.54, 1.807) is 0 Å². The molecule has 1 aromatic heterocycles. The minimum Gasteiger partial charge on any atom is -0.369 e. The molecule has 0 bridgehead atoms. The summed E-state index contributed by atoms with van der Waals surface area (Å²) < 4.78 is 14.0. The summed E-state index contributed by atoms with van der Waals surface area (Å²) in [6.45, 7) is 11.8. The minimum absolute atomic E-state index is 0.173. The van der Waals surface area contributed by atoms with Crippen molar-refractivity contribution in [3.8, 4) is 11.3 Å². The van der Waals surface area contributed by atoms with Gasteiger partial charge in [0, 0.05) is 68.3 Å². The number of aromatic nitrogens is 2. The van der Waals surface area contributed by atoms with Gasteiger partial charge in [-0.25, -0.2) is 4.98 Å². The van der Waals surface area contributed by atoms with Gasteiger partial charge in [-0.15, -0.1) is 0 Å². The lowest BCUT2D eigenvalue weighted by Gasteiger charge is -2.36. The fraction of sp³-hybridized carbons (Fsp3) is 0.571. The van der Waals surface area contributed by atoms with Crippen LogP contribution in [0.15, 0.2) is 47.9 Å². The fourth-order valence-electron chi connectivity index (χ4n) is 4.95. The Morgan fingerprint density at radius 2 is 1.94 bits per heavy atom. The third-order valence-electron chi connectivity index (χ3n) is 7.54. The number of anilines is 1. The van der Waals surface area contributed by atoms with Crippen LogP contribution in [-0.2, 0) is 16.0 Å². The number of piperazine rings is 1. The van der Waals surface area contributed by atoms with Crippen molar-refractivity contribution in [2.24, 2.45) is 10.4 Å². The summed E-state index contributed by atoms with van der Waals surface area (Å²) >= 11 is 0. The first-order chi connectivity index (χ1) is 17.1. The van der Waals surface area contributed by atoms with E-state index >= 15 is 0 Å². The second-order valence-corrected chi connectivity index (χ2v) is 10.3. The number of rotatable bonds is 8. The largest absolute Gasteiger partial charge is 0.369 e. The average Bonchev–Trinajstić information content (AvgIpc) is 3.48. The van der Waals surface area contributed by atoms with Crippen LogP contribution in [0, 0.1) is 12.3 Å². The summed E-state index contributed by atoms with van der Waals surface area (Å²) in [5, 5.41) is 0. The Bertz CT molecular complexity index is 1050. The van der Waals surface area contributed by atoms with E-state index in [0.717, 1.165) is 63.8 Å². The Kier molecular flexibility index (Phi) is 7.37. The van der Waals surface area contributed by atoms with Crippen LogP contribution in [0.25, 0.3) is 11.3 Å². The maximum absolute atomic E-state index is 5.94. The molecule has 3 aliphatic rings. The maximum Gasteiger partial charge on any atom is 0.175 e. The Morgan fingerprint density at radius 3 is 2.60 bits per heavy atom. The monoisotopic (exact) mass is 477 g/mol. The molecule has 1 saturated carbocycles. The highest BCUT2D eigenvalue weighted by Gasteiger charge is 2.46. The van der Waals surface area contributed by atoms with E-state index in [1.807, 2.05) is 13.4 Å². The molecule has 3 fully saturated rings. The van der Waals surface area contributed by atoms with Crippen LogP contribution in [0.3, 0.4) is 0 Å². The number of ether oxygens (including phenoxy) is 2. The Hall–Kier alpha value is -2.48. The molecule has 0 atom stereocenters. The van der Waals surface area contributed by atoms with Crippen LogP contribution in [0.1, 0.15) is 31.7 Å². The number of benzene rings is 1. The molecule has 0 radical (unpaired) electrons. The second-order valence-electron chi connectivity index (χ2n) is 10.3. The van der Waals surface area contributed by atoms with E-state index in [2.05, 4.69) is 74.7 Å². The molecule has 2 aromatic rings. The first-order valence-corrected chi connectivity index (χ1v) is 13.0. The second kappa shape index (κ2) is 10.6. The van der Waals surface area contributed by atoms with Gasteiger partial charge in [-0.2, -0.15) is 0 Å². The van der Waals surface area contributed by atoms with Crippen LogP contribution in [0.2, 0.25) is 0 Å². The molecule has 0 unspecified atom stereocenters. The normalized spacial score (nSPS) is 21.3. The highest BCUT2D eigenvalue weighted by atomic mass is 16.7. The van der Waals surface area contributed by atoms with Crippen molar-refractivity contribution < 1.29 is 9.47 Å². The molecule has 1 spiro atoms. The van der Waals surface area contributed by atoms with Gasteiger partial charge >= 0.3 is 0 Å². The summed E-state index contributed by atoms with van der Waals surface area (Å²) in [5.74, 6) is 0. The van der Waals surface area contributed by atoms with Gasteiger partial charge in [-0.05, 0) is 50.0 Å². The number of imidazole rings is 1. The Morgan fingerprint density at radius 1 is 1.17 bits per heavy atom. The first kappa shape index (κ1) is 24.2. The molecule has 7 nitrogen and oxygen atoms in total. The maximum atomic E-state index is 5.94. The van der Waals surface area contributed by atoms with E-state index in [0.29, 0.717) is 12.0 Å². The van der Waals surface area contributed by atoms with Gasteiger partial charge in [0.05, 0.1) is 31.8 Å². The summed E-state index contributed by atoms with van der Waals surface area (Å²) in [6, 6.07) is 6.75. The molecule has 7 heteroatoms. The molecule has 1 aliphatic carbocycles. The van der Waals surface area contributed by atoms with Crippen molar-refractivity contribution >= 4 is 11.4 Å². The topological polar surface area (TPSA) is 55.1 Å². The van der Waals surface area contributed by atoms with Crippen molar-refractivity contribution in [2.75, 3.05) is 57.9 Å². The van der Waals surface area contributed by atoms with Crippen molar-refractivity contribution in [3.63, 3.8) is 0 Å². The lowest BCUT2D eigenvalue weighted by atomic mass is 10.0. The van der Waals surface area contributed by atoms with Gasteiger partial charge in [0.15, 0.2) is 6.29 Å². The van der Waals surface area contributed by atoms with Crippen LogP contribution in [0.4, 0.5) is 5.69 Å². The predicted molar refractivity (Wildman–Crippen MR) is 141 cm³/mol. The zero-order valence-electron chi connectivity index (χ0n) is 21.4. The SMILES string of the molecule is CC/C=C\C(CN1CCN(c2ccc(-c3cn(CC4OCC5(CC5)CO4)cn3)c(C)c2)CC1)=NC. The van der Waals surface area contributed by atoms with Crippen molar-refractivity contribution in [3.05, 3.63) is 48.4 Å². The van der Waals surface area contributed by atoms with Gasteiger partial charge in [0.2, 0.25) is 0 Å². The quantitative estimate of drug-likeness (QED) is 0.534. The minimum atomic E-state index is -0.173. The highest BCUT2D eigenvalue weighted by molar-refractivity contribution is 5.96. The van der Waals surface area contributed by atoms with Crippen molar-refractivity contribution in [1.29, 1.82) is 0 Å². The lowest BCUT2D eigenvalue weighted by molar-refractivity contribution is -0.212. The molecule has 35 heavy (non-hydrogen) atoms. The van der Waals surface area contributed by atoms with Gasteiger partial charge in [0.1, 0.15) is 0 Å². The number of aryl methyl sites for hydroxylation is 1. The number of aliphatic imine (C=N–C) groups is 1. The number of nitrogens with zero attached hydrogens (tertiary/aromatic N) is 5. The van der Waals surface area contributed by atoms with E-state index in [4.69, 9.17) is 9.47 Å². The predicted octanol–water partition coefficient (Wildman–Crippen LogP) is 4.17. The molecule has 0 amide bonds. The smallest absolute Gasteiger partial charge is 0.175 e. The zero-order valence-corrected chi connectivity index (χ0v) is 21.4. The molecule has 2 saturated heterocycles. The molecule has 3 heterocycles. The number of hydrogen-bond acceptors (Lipinski definition) is 6. The Labute approximate surface area is 209 Å².